The number of carbonyl (C=O) groups excluding carboxylic acids is 1. The van der Waals surface area contributed by atoms with Crippen LogP contribution >= 0.6 is 11.3 Å². The molecule has 0 aliphatic heterocycles. The zero-order chi connectivity index (χ0) is 16.4. The number of thiophene rings is 1. The number of amides is 1. The normalized spacial score (nSPS) is 10.4. The van der Waals surface area contributed by atoms with Gasteiger partial charge in [-0.05, 0) is 29.6 Å². The van der Waals surface area contributed by atoms with E-state index in [1.807, 2.05) is 10.8 Å². The van der Waals surface area contributed by atoms with Crippen molar-refractivity contribution in [2.24, 2.45) is 0 Å². The monoisotopic (exact) mass is 329 g/mol. The molecule has 0 aliphatic rings. The summed E-state index contributed by atoms with van der Waals surface area (Å²) in [6.07, 6.45) is 0. The minimum absolute atomic E-state index is 0.0687. The van der Waals surface area contributed by atoms with Crippen molar-refractivity contribution in [1.82, 2.24) is 5.16 Å². The Balaban J connectivity index is 1.91. The lowest BCUT2D eigenvalue weighted by Gasteiger charge is -2.06. The van der Waals surface area contributed by atoms with E-state index in [0.717, 1.165) is 5.56 Å². The van der Waals surface area contributed by atoms with Crippen molar-refractivity contribution in [2.75, 3.05) is 11.1 Å². The van der Waals surface area contributed by atoms with Crippen molar-refractivity contribution < 1.29 is 19.2 Å². The summed E-state index contributed by atoms with van der Waals surface area (Å²) in [5.74, 6) is -1.70. The molecule has 0 unspecified atom stereocenters. The number of carboxylic acid groups (broad SMARTS) is 1. The first-order valence-corrected chi connectivity index (χ1v) is 7.43. The molecule has 0 saturated heterocycles. The topological polar surface area (TPSA) is 118 Å². The Bertz CT molecular complexity index is 871. The number of nitrogens with two attached hydrogens (primary N) is 1. The minimum atomic E-state index is -1.08. The molecule has 4 N–H and O–H groups in total. The second-order valence-electron chi connectivity index (χ2n) is 4.62. The summed E-state index contributed by atoms with van der Waals surface area (Å²) in [4.78, 5) is 23.4. The number of hydrogen-bond acceptors (Lipinski definition) is 6. The fourth-order valence-electron chi connectivity index (χ4n) is 2.04. The first-order chi connectivity index (χ1) is 11.1. The van der Waals surface area contributed by atoms with Crippen LogP contribution in [0.2, 0.25) is 0 Å². The molecule has 0 radical (unpaired) electrons. The molecule has 3 rings (SSSR count). The molecule has 7 nitrogen and oxygen atoms in total. The molecule has 23 heavy (non-hydrogen) atoms. The summed E-state index contributed by atoms with van der Waals surface area (Å²) in [5, 5.41) is 19.1. The van der Waals surface area contributed by atoms with Gasteiger partial charge in [0.1, 0.15) is 11.3 Å². The predicted octanol–water partition coefficient (Wildman–Crippen LogP) is 2.94. The van der Waals surface area contributed by atoms with E-state index in [4.69, 9.17) is 15.4 Å². The van der Waals surface area contributed by atoms with Gasteiger partial charge in [-0.25, -0.2) is 4.79 Å². The van der Waals surface area contributed by atoms with Crippen molar-refractivity contribution in [3.05, 3.63) is 52.2 Å². The number of nitrogen functional groups attached to an aromatic ring is 1. The average molecular weight is 329 g/mol. The van der Waals surface area contributed by atoms with Gasteiger partial charge in [0.2, 0.25) is 5.88 Å². The van der Waals surface area contributed by atoms with Crippen LogP contribution in [0.15, 0.2) is 45.6 Å². The highest BCUT2D eigenvalue weighted by Gasteiger charge is 2.23. The van der Waals surface area contributed by atoms with Crippen LogP contribution in [0.3, 0.4) is 0 Å². The van der Waals surface area contributed by atoms with E-state index in [1.165, 1.54) is 29.5 Å². The van der Waals surface area contributed by atoms with Crippen molar-refractivity contribution in [1.29, 1.82) is 0 Å². The summed E-state index contributed by atoms with van der Waals surface area (Å²) in [5.41, 5.74) is 7.29. The van der Waals surface area contributed by atoms with Gasteiger partial charge in [0, 0.05) is 16.6 Å². The molecule has 0 saturated carbocycles. The van der Waals surface area contributed by atoms with Crippen LogP contribution in [-0.2, 0) is 0 Å². The number of carbonyl (C=O) groups is 2. The molecule has 3 aromatic rings. The highest BCUT2D eigenvalue weighted by atomic mass is 32.1. The molecule has 0 bridgehead atoms. The quantitative estimate of drug-likeness (QED) is 0.677. The van der Waals surface area contributed by atoms with Crippen LogP contribution in [-0.4, -0.2) is 22.1 Å². The minimum Gasteiger partial charge on any atom is -0.478 e. The highest BCUT2D eigenvalue weighted by molar-refractivity contribution is 7.08. The van der Waals surface area contributed by atoms with E-state index in [9.17, 15) is 9.59 Å². The molecule has 8 heteroatoms. The molecule has 2 aromatic heterocycles. The number of hydrogen-bond donors (Lipinski definition) is 3. The summed E-state index contributed by atoms with van der Waals surface area (Å²) >= 11 is 1.45. The lowest BCUT2D eigenvalue weighted by atomic mass is 10.1. The Hall–Kier alpha value is -3.13. The first-order valence-electron chi connectivity index (χ1n) is 6.48. The fourth-order valence-corrected chi connectivity index (χ4v) is 2.68. The molecule has 116 valence electrons. The lowest BCUT2D eigenvalue weighted by Crippen LogP contribution is -2.14. The van der Waals surface area contributed by atoms with Gasteiger partial charge in [-0.1, -0.05) is 11.2 Å². The summed E-state index contributed by atoms with van der Waals surface area (Å²) in [7, 11) is 0. The molecule has 0 aliphatic carbocycles. The van der Waals surface area contributed by atoms with Crippen LogP contribution in [0.1, 0.15) is 20.7 Å². The molecule has 0 fully saturated rings. The molecule has 2 heterocycles. The van der Waals surface area contributed by atoms with Gasteiger partial charge in [-0.3, -0.25) is 4.79 Å². The maximum absolute atomic E-state index is 12.5. The summed E-state index contributed by atoms with van der Waals surface area (Å²) < 4.78 is 4.92. The fraction of sp³-hybridized carbons (Fsp3) is 0. The number of nitrogens with zero attached hydrogens (tertiary/aromatic N) is 1. The van der Waals surface area contributed by atoms with Gasteiger partial charge in [0.25, 0.3) is 5.91 Å². The van der Waals surface area contributed by atoms with Gasteiger partial charge in [0.15, 0.2) is 0 Å². The molecule has 1 aromatic carbocycles. The van der Waals surface area contributed by atoms with Crippen LogP contribution in [0, 0.1) is 0 Å². The number of benzene rings is 1. The second-order valence-corrected chi connectivity index (χ2v) is 5.40. The Morgan fingerprint density at radius 2 is 2.13 bits per heavy atom. The standard InChI is InChI=1S/C15H11N3O4S/c16-13-11(12(18-22-13)9-4-5-23-7-9)14(19)17-10-3-1-2-8(6-10)15(20)21/h1-7H,16H2,(H,17,19)(H,20,21). The number of aromatic carboxylic acids is 1. The van der Waals surface area contributed by atoms with Crippen LogP contribution in [0.4, 0.5) is 11.6 Å². The maximum atomic E-state index is 12.5. The molecular formula is C15H11N3O4S. The van der Waals surface area contributed by atoms with Crippen molar-refractivity contribution >= 4 is 34.8 Å². The van der Waals surface area contributed by atoms with Crippen molar-refractivity contribution in [3.8, 4) is 11.3 Å². The largest absolute Gasteiger partial charge is 0.478 e. The number of carboxylic acids is 1. The van der Waals surface area contributed by atoms with E-state index >= 15 is 0 Å². The molecule has 0 atom stereocenters. The maximum Gasteiger partial charge on any atom is 0.335 e. The van der Waals surface area contributed by atoms with Gasteiger partial charge >= 0.3 is 5.97 Å². The predicted molar refractivity (Wildman–Crippen MR) is 85.6 cm³/mol. The first kappa shape index (κ1) is 14.8. The highest BCUT2D eigenvalue weighted by Crippen LogP contribution is 2.29. The van der Waals surface area contributed by atoms with E-state index in [2.05, 4.69) is 10.5 Å². The van der Waals surface area contributed by atoms with Gasteiger partial charge in [-0.15, -0.1) is 0 Å². The smallest absolute Gasteiger partial charge is 0.335 e. The third-order valence-electron chi connectivity index (χ3n) is 3.11. The van der Waals surface area contributed by atoms with E-state index in [0.29, 0.717) is 11.4 Å². The Labute approximate surface area is 134 Å². The van der Waals surface area contributed by atoms with Gasteiger partial charge in [0.05, 0.1) is 5.56 Å². The molecule has 1 amide bonds. The third-order valence-corrected chi connectivity index (χ3v) is 3.79. The SMILES string of the molecule is Nc1onc(-c2ccsc2)c1C(=O)Nc1cccc(C(=O)O)c1. The van der Waals surface area contributed by atoms with Crippen LogP contribution in [0.5, 0.6) is 0 Å². The number of aromatic nitrogens is 1. The Morgan fingerprint density at radius 1 is 1.30 bits per heavy atom. The summed E-state index contributed by atoms with van der Waals surface area (Å²) in [6, 6.07) is 7.70. The average Bonchev–Trinajstić information content (AvgIpc) is 3.16. The molecule has 0 spiro atoms. The van der Waals surface area contributed by atoms with E-state index in [1.54, 1.807) is 12.1 Å². The molecular weight excluding hydrogens is 318 g/mol. The van der Waals surface area contributed by atoms with Crippen molar-refractivity contribution in [3.63, 3.8) is 0 Å². The number of nitrogens with one attached hydrogen (secondary N) is 1. The van der Waals surface area contributed by atoms with Gasteiger partial charge in [-0.2, -0.15) is 11.3 Å². The van der Waals surface area contributed by atoms with Gasteiger partial charge < -0.3 is 20.7 Å². The zero-order valence-electron chi connectivity index (χ0n) is 11.6. The van der Waals surface area contributed by atoms with E-state index < -0.39 is 11.9 Å². The van der Waals surface area contributed by atoms with Crippen LogP contribution in [0.25, 0.3) is 11.3 Å². The number of anilines is 2. The Kier molecular flexibility index (Phi) is 3.82. The van der Waals surface area contributed by atoms with Crippen LogP contribution < -0.4 is 11.1 Å². The van der Waals surface area contributed by atoms with E-state index in [-0.39, 0.29) is 17.0 Å². The summed E-state index contributed by atoms with van der Waals surface area (Å²) in [6.45, 7) is 0. The Morgan fingerprint density at radius 3 is 2.83 bits per heavy atom. The number of rotatable bonds is 4. The lowest BCUT2D eigenvalue weighted by molar-refractivity contribution is 0.0696. The third kappa shape index (κ3) is 2.92. The zero-order valence-corrected chi connectivity index (χ0v) is 12.5. The second kappa shape index (κ2) is 5.93. The van der Waals surface area contributed by atoms with Crippen molar-refractivity contribution in [2.45, 2.75) is 0 Å².